The summed E-state index contributed by atoms with van der Waals surface area (Å²) < 4.78 is 68.1. The van der Waals surface area contributed by atoms with Gasteiger partial charge in [-0.25, -0.2) is 0 Å². The monoisotopic (exact) mass is 392 g/mol. The SMILES string of the molecule is CCOC(=O)Cc1ccc(C2CC=C(OS(=O)(=O)C(F)(F)F)CC2)cc1. The first-order chi connectivity index (χ1) is 12.1. The maximum absolute atomic E-state index is 12.3. The Labute approximate surface area is 149 Å². The second-order valence-corrected chi connectivity index (χ2v) is 7.39. The predicted molar refractivity (Wildman–Crippen MR) is 87.5 cm³/mol. The van der Waals surface area contributed by atoms with Crippen LogP contribution < -0.4 is 0 Å². The molecule has 0 aliphatic heterocycles. The molecule has 0 radical (unpaired) electrons. The average Bonchev–Trinajstić information content (AvgIpc) is 2.55. The Morgan fingerprint density at radius 2 is 1.88 bits per heavy atom. The maximum atomic E-state index is 12.3. The Balaban J connectivity index is 1.97. The summed E-state index contributed by atoms with van der Waals surface area (Å²) >= 11 is 0. The summed E-state index contributed by atoms with van der Waals surface area (Å²) in [5.41, 5.74) is -3.66. The molecule has 144 valence electrons. The minimum Gasteiger partial charge on any atom is -0.466 e. The molecule has 1 atom stereocenters. The molecule has 0 heterocycles. The molecule has 5 nitrogen and oxygen atoms in total. The number of ether oxygens (including phenoxy) is 1. The van der Waals surface area contributed by atoms with E-state index in [1.807, 2.05) is 12.1 Å². The molecule has 0 bridgehead atoms. The average molecular weight is 392 g/mol. The highest BCUT2D eigenvalue weighted by atomic mass is 32.2. The molecule has 1 aromatic carbocycles. The van der Waals surface area contributed by atoms with Gasteiger partial charge in [-0.2, -0.15) is 21.6 Å². The number of carbonyl (C=O) groups is 1. The van der Waals surface area contributed by atoms with Crippen LogP contribution >= 0.6 is 0 Å². The molecule has 26 heavy (non-hydrogen) atoms. The van der Waals surface area contributed by atoms with Gasteiger partial charge in [0.15, 0.2) is 0 Å². The first kappa shape index (κ1) is 20.3. The quantitative estimate of drug-likeness (QED) is 0.418. The molecular formula is C17H19F3O5S. The summed E-state index contributed by atoms with van der Waals surface area (Å²) in [6, 6.07) is 7.31. The fourth-order valence-corrected chi connectivity index (χ4v) is 3.19. The lowest BCUT2D eigenvalue weighted by Crippen LogP contribution is -2.25. The highest BCUT2D eigenvalue weighted by molar-refractivity contribution is 7.87. The van der Waals surface area contributed by atoms with Gasteiger partial charge in [0, 0.05) is 6.42 Å². The smallest absolute Gasteiger partial charge is 0.466 e. The number of benzene rings is 1. The summed E-state index contributed by atoms with van der Waals surface area (Å²) in [5, 5.41) is 0. The summed E-state index contributed by atoms with van der Waals surface area (Å²) in [6.07, 6.45) is 2.50. The second kappa shape index (κ2) is 8.11. The first-order valence-corrected chi connectivity index (χ1v) is 9.47. The molecule has 0 aromatic heterocycles. The summed E-state index contributed by atoms with van der Waals surface area (Å²) in [5.74, 6) is -0.446. The molecule has 0 spiro atoms. The zero-order valence-corrected chi connectivity index (χ0v) is 14.9. The van der Waals surface area contributed by atoms with Gasteiger partial charge < -0.3 is 8.92 Å². The molecule has 0 N–H and O–H groups in total. The first-order valence-electron chi connectivity index (χ1n) is 8.06. The molecule has 0 fully saturated rings. The van der Waals surface area contributed by atoms with Crippen LogP contribution in [0.4, 0.5) is 13.2 Å². The Morgan fingerprint density at radius 3 is 2.38 bits per heavy atom. The number of rotatable bonds is 6. The van der Waals surface area contributed by atoms with E-state index in [-0.39, 0.29) is 30.5 Å². The molecule has 1 aromatic rings. The molecule has 1 aliphatic carbocycles. The van der Waals surface area contributed by atoms with E-state index < -0.39 is 15.6 Å². The summed E-state index contributed by atoms with van der Waals surface area (Å²) in [6.45, 7) is 2.05. The van der Waals surface area contributed by atoms with Crippen molar-refractivity contribution in [2.45, 2.75) is 44.0 Å². The van der Waals surface area contributed by atoms with Crippen molar-refractivity contribution in [1.29, 1.82) is 0 Å². The Morgan fingerprint density at radius 1 is 1.23 bits per heavy atom. The minimum absolute atomic E-state index is 0.0487. The Hall–Kier alpha value is -2.03. The van der Waals surface area contributed by atoms with Crippen molar-refractivity contribution in [3.8, 4) is 0 Å². The number of hydrogen-bond acceptors (Lipinski definition) is 5. The highest BCUT2D eigenvalue weighted by Crippen LogP contribution is 2.35. The van der Waals surface area contributed by atoms with Gasteiger partial charge in [0.25, 0.3) is 0 Å². The van der Waals surface area contributed by atoms with E-state index in [2.05, 4.69) is 4.18 Å². The molecular weight excluding hydrogens is 373 g/mol. The second-order valence-electron chi connectivity index (χ2n) is 5.85. The van der Waals surface area contributed by atoms with Crippen molar-refractivity contribution in [3.05, 3.63) is 47.2 Å². The Bertz CT molecular complexity index is 767. The molecule has 0 amide bonds. The third kappa shape index (κ3) is 5.23. The van der Waals surface area contributed by atoms with Gasteiger partial charge in [0.2, 0.25) is 0 Å². The fraction of sp³-hybridized carbons (Fsp3) is 0.471. The van der Waals surface area contributed by atoms with Crippen LogP contribution in [0.25, 0.3) is 0 Å². The van der Waals surface area contributed by atoms with E-state index in [1.165, 1.54) is 6.08 Å². The number of carbonyl (C=O) groups excluding carboxylic acids is 1. The van der Waals surface area contributed by atoms with E-state index in [1.54, 1.807) is 19.1 Å². The standard InChI is InChI=1S/C17H19F3O5S/c1-2-24-16(21)11-12-3-5-13(6-4-12)14-7-9-15(10-8-14)25-26(22,23)17(18,19)20/h3-6,9,14H,2,7-8,10-11H2,1H3. The number of allylic oxidation sites excluding steroid dienone is 2. The molecule has 0 saturated carbocycles. The third-order valence-corrected chi connectivity index (χ3v) is 4.97. The minimum atomic E-state index is -5.61. The van der Waals surface area contributed by atoms with Gasteiger partial charge >= 0.3 is 21.6 Å². The van der Waals surface area contributed by atoms with Crippen molar-refractivity contribution in [2.24, 2.45) is 0 Å². The lowest BCUT2D eigenvalue weighted by atomic mass is 9.86. The summed E-state index contributed by atoms with van der Waals surface area (Å²) in [7, 11) is -5.61. The van der Waals surface area contributed by atoms with E-state index in [4.69, 9.17) is 4.74 Å². The van der Waals surface area contributed by atoms with Crippen LogP contribution in [0, 0.1) is 0 Å². The van der Waals surface area contributed by atoms with Gasteiger partial charge in [-0.15, -0.1) is 0 Å². The molecule has 1 unspecified atom stereocenters. The topological polar surface area (TPSA) is 69.7 Å². The largest absolute Gasteiger partial charge is 0.534 e. The van der Waals surface area contributed by atoms with Gasteiger partial charge in [0.1, 0.15) is 5.76 Å². The number of halogens is 3. The highest BCUT2D eigenvalue weighted by Gasteiger charge is 2.48. The van der Waals surface area contributed by atoms with Crippen LogP contribution in [0.3, 0.4) is 0 Å². The normalized spacial score (nSPS) is 18.2. The third-order valence-electron chi connectivity index (χ3n) is 3.97. The number of hydrogen-bond donors (Lipinski definition) is 0. The van der Waals surface area contributed by atoms with Gasteiger partial charge in [-0.05, 0) is 42.9 Å². The van der Waals surface area contributed by atoms with E-state index >= 15 is 0 Å². The molecule has 9 heteroatoms. The predicted octanol–water partition coefficient (Wildman–Crippen LogP) is 3.81. The lowest BCUT2D eigenvalue weighted by Gasteiger charge is -2.22. The van der Waals surface area contributed by atoms with Crippen molar-refractivity contribution in [3.63, 3.8) is 0 Å². The van der Waals surface area contributed by atoms with Gasteiger partial charge in [-0.3, -0.25) is 4.79 Å². The van der Waals surface area contributed by atoms with Crippen LogP contribution in [0.5, 0.6) is 0 Å². The maximum Gasteiger partial charge on any atom is 0.534 e. The summed E-state index contributed by atoms with van der Waals surface area (Å²) in [4.78, 5) is 11.4. The fourth-order valence-electron chi connectivity index (χ4n) is 2.66. The molecule has 1 aliphatic rings. The van der Waals surface area contributed by atoms with E-state index in [9.17, 15) is 26.4 Å². The Kier molecular flexibility index (Phi) is 6.33. The van der Waals surface area contributed by atoms with Crippen molar-refractivity contribution < 1.29 is 35.3 Å². The van der Waals surface area contributed by atoms with Crippen LogP contribution in [-0.2, 0) is 30.3 Å². The van der Waals surface area contributed by atoms with Crippen molar-refractivity contribution in [2.75, 3.05) is 6.61 Å². The molecule has 0 saturated heterocycles. The van der Waals surface area contributed by atoms with Crippen LogP contribution in [0.1, 0.15) is 43.2 Å². The van der Waals surface area contributed by atoms with Crippen LogP contribution in [0.2, 0.25) is 0 Å². The van der Waals surface area contributed by atoms with E-state index in [0.29, 0.717) is 19.4 Å². The van der Waals surface area contributed by atoms with E-state index in [0.717, 1.165) is 11.1 Å². The molecule has 2 rings (SSSR count). The van der Waals surface area contributed by atoms with Crippen LogP contribution in [-0.4, -0.2) is 26.5 Å². The van der Waals surface area contributed by atoms with Gasteiger partial charge in [-0.1, -0.05) is 24.3 Å². The van der Waals surface area contributed by atoms with Crippen LogP contribution in [0.15, 0.2) is 36.1 Å². The van der Waals surface area contributed by atoms with Crippen molar-refractivity contribution in [1.82, 2.24) is 0 Å². The van der Waals surface area contributed by atoms with Crippen molar-refractivity contribution >= 4 is 16.1 Å². The number of esters is 1. The number of alkyl halides is 3. The zero-order chi connectivity index (χ0) is 19.4. The zero-order valence-electron chi connectivity index (χ0n) is 14.1. The van der Waals surface area contributed by atoms with Gasteiger partial charge in [0.05, 0.1) is 13.0 Å². The lowest BCUT2D eigenvalue weighted by molar-refractivity contribution is -0.142.